The Kier molecular flexibility index (Phi) is 3.61. The van der Waals surface area contributed by atoms with Crippen molar-refractivity contribution < 1.29 is 8.78 Å². The fourth-order valence-corrected chi connectivity index (χ4v) is 2.82. The SMILES string of the molecule is CN1CCN(c2cc(-c3nc4cc(F)c(F)cc4[nH]3)cnn2)CC1. The van der Waals surface area contributed by atoms with Gasteiger partial charge < -0.3 is 14.8 Å². The molecule has 4 rings (SSSR count). The third kappa shape index (κ3) is 2.69. The molecule has 0 spiro atoms. The Morgan fingerprint density at radius 3 is 2.58 bits per heavy atom. The molecule has 0 saturated carbocycles. The molecule has 8 heteroatoms. The second kappa shape index (κ2) is 5.79. The highest BCUT2D eigenvalue weighted by atomic mass is 19.2. The van der Waals surface area contributed by atoms with E-state index in [4.69, 9.17) is 0 Å². The number of rotatable bonds is 2. The van der Waals surface area contributed by atoms with Crippen LogP contribution in [0.4, 0.5) is 14.6 Å². The fourth-order valence-electron chi connectivity index (χ4n) is 2.82. The summed E-state index contributed by atoms with van der Waals surface area (Å²) in [4.78, 5) is 11.8. The van der Waals surface area contributed by atoms with Gasteiger partial charge in [0.2, 0.25) is 0 Å². The van der Waals surface area contributed by atoms with Crippen molar-refractivity contribution in [2.75, 3.05) is 38.1 Å². The van der Waals surface area contributed by atoms with Gasteiger partial charge >= 0.3 is 0 Å². The van der Waals surface area contributed by atoms with E-state index in [-0.39, 0.29) is 0 Å². The molecule has 3 aromatic rings. The Morgan fingerprint density at radius 2 is 1.79 bits per heavy atom. The van der Waals surface area contributed by atoms with E-state index in [2.05, 4.69) is 37.0 Å². The van der Waals surface area contributed by atoms with E-state index in [1.807, 2.05) is 6.07 Å². The summed E-state index contributed by atoms with van der Waals surface area (Å²) in [6.07, 6.45) is 1.59. The summed E-state index contributed by atoms with van der Waals surface area (Å²) >= 11 is 0. The number of imidazole rings is 1. The van der Waals surface area contributed by atoms with Gasteiger partial charge in [-0.2, -0.15) is 5.10 Å². The summed E-state index contributed by atoms with van der Waals surface area (Å²) in [5, 5.41) is 8.24. The molecule has 1 fully saturated rings. The van der Waals surface area contributed by atoms with Crippen molar-refractivity contribution in [3.05, 3.63) is 36.0 Å². The Balaban J connectivity index is 1.68. The van der Waals surface area contributed by atoms with E-state index in [1.54, 1.807) is 6.20 Å². The van der Waals surface area contributed by atoms with Crippen molar-refractivity contribution in [1.29, 1.82) is 0 Å². The number of hydrogen-bond donors (Lipinski definition) is 1. The molecule has 0 unspecified atom stereocenters. The van der Waals surface area contributed by atoms with Crippen LogP contribution in [0.2, 0.25) is 0 Å². The second-order valence-electron chi connectivity index (χ2n) is 5.96. The first-order chi connectivity index (χ1) is 11.6. The van der Waals surface area contributed by atoms with Gasteiger partial charge in [0.1, 0.15) is 5.82 Å². The molecule has 124 valence electrons. The van der Waals surface area contributed by atoms with Gasteiger partial charge in [-0.15, -0.1) is 5.10 Å². The van der Waals surface area contributed by atoms with Gasteiger partial charge in [-0.3, -0.25) is 0 Å². The zero-order valence-electron chi connectivity index (χ0n) is 13.1. The van der Waals surface area contributed by atoms with Crippen LogP contribution >= 0.6 is 0 Å². The first-order valence-electron chi connectivity index (χ1n) is 7.71. The van der Waals surface area contributed by atoms with Crippen molar-refractivity contribution in [3.63, 3.8) is 0 Å². The number of anilines is 1. The third-order valence-electron chi connectivity index (χ3n) is 4.27. The topological polar surface area (TPSA) is 60.9 Å². The number of piperazine rings is 1. The maximum absolute atomic E-state index is 13.3. The van der Waals surface area contributed by atoms with E-state index in [0.717, 1.165) is 49.7 Å². The Morgan fingerprint density at radius 1 is 1.04 bits per heavy atom. The van der Waals surface area contributed by atoms with E-state index in [9.17, 15) is 8.78 Å². The molecular weight excluding hydrogens is 314 g/mol. The number of nitrogens with one attached hydrogen (secondary N) is 1. The Hall–Kier alpha value is -2.61. The smallest absolute Gasteiger partial charge is 0.161 e. The number of aromatic amines is 1. The Labute approximate surface area is 137 Å². The number of nitrogens with zero attached hydrogens (tertiary/aromatic N) is 5. The second-order valence-corrected chi connectivity index (χ2v) is 5.96. The van der Waals surface area contributed by atoms with E-state index >= 15 is 0 Å². The van der Waals surface area contributed by atoms with Crippen molar-refractivity contribution in [2.45, 2.75) is 0 Å². The van der Waals surface area contributed by atoms with Gasteiger partial charge in [0.15, 0.2) is 17.5 Å². The quantitative estimate of drug-likeness (QED) is 0.779. The molecule has 0 bridgehead atoms. The van der Waals surface area contributed by atoms with Crippen LogP contribution in [0.3, 0.4) is 0 Å². The number of hydrogen-bond acceptors (Lipinski definition) is 5. The van der Waals surface area contributed by atoms with Crippen LogP contribution in [-0.2, 0) is 0 Å². The van der Waals surface area contributed by atoms with Gasteiger partial charge in [-0.25, -0.2) is 13.8 Å². The number of aromatic nitrogens is 4. The molecule has 24 heavy (non-hydrogen) atoms. The zero-order valence-corrected chi connectivity index (χ0v) is 13.1. The lowest BCUT2D eigenvalue weighted by atomic mass is 10.2. The van der Waals surface area contributed by atoms with Gasteiger partial charge in [0.05, 0.1) is 17.2 Å². The minimum absolute atomic E-state index is 0.377. The lowest BCUT2D eigenvalue weighted by Crippen LogP contribution is -2.44. The monoisotopic (exact) mass is 330 g/mol. The average Bonchev–Trinajstić information content (AvgIpc) is 2.99. The van der Waals surface area contributed by atoms with Crippen LogP contribution in [0.5, 0.6) is 0 Å². The third-order valence-corrected chi connectivity index (χ3v) is 4.27. The molecule has 1 N–H and O–H groups in total. The minimum atomic E-state index is -0.911. The number of benzene rings is 1. The maximum atomic E-state index is 13.3. The lowest BCUT2D eigenvalue weighted by Gasteiger charge is -2.32. The van der Waals surface area contributed by atoms with Crippen LogP contribution in [0.15, 0.2) is 24.4 Å². The summed E-state index contributed by atoms with van der Waals surface area (Å²) < 4.78 is 26.7. The number of likely N-dealkylation sites (N-methyl/N-ethyl adjacent to an activating group) is 1. The largest absolute Gasteiger partial charge is 0.353 e. The highest BCUT2D eigenvalue weighted by Crippen LogP contribution is 2.24. The maximum Gasteiger partial charge on any atom is 0.161 e. The number of halogens is 2. The summed E-state index contributed by atoms with van der Waals surface area (Å²) in [6.45, 7) is 3.70. The highest BCUT2D eigenvalue weighted by molar-refractivity contribution is 5.79. The number of H-pyrrole nitrogens is 1. The molecule has 3 heterocycles. The van der Waals surface area contributed by atoms with Crippen LogP contribution in [-0.4, -0.2) is 58.3 Å². The van der Waals surface area contributed by atoms with E-state index in [0.29, 0.717) is 16.9 Å². The standard InChI is InChI=1S/C16H16F2N6/c1-23-2-4-24(5-3-23)15-6-10(9-19-22-15)16-20-13-7-11(17)12(18)8-14(13)21-16/h6-9H,2-5H2,1H3,(H,20,21). The predicted octanol–water partition coefficient (Wildman–Crippen LogP) is 2.05. The van der Waals surface area contributed by atoms with Gasteiger partial charge in [0.25, 0.3) is 0 Å². The van der Waals surface area contributed by atoms with Crippen LogP contribution < -0.4 is 4.90 Å². The summed E-state index contributed by atoms with van der Waals surface area (Å²) in [5.74, 6) is -0.520. The molecule has 1 aromatic carbocycles. The van der Waals surface area contributed by atoms with Crippen molar-refractivity contribution >= 4 is 16.9 Å². The van der Waals surface area contributed by atoms with Crippen molar-refractivity contribution in [2.24, 2.45) is 0 Å². The van der Waals surface area contributed by atoms with Crippen molar-refractivity contribution in [1.82, 2.24) is 25.1 Å². The lowest BCUT2D eigenvalue weighted by molar-refractivity contribution is 0.312. The highest BCUT2D eigenvalue weighted by Gasteiger charge is 2.17. The normalized spacial score (nSPS) is 16.0. The zero-order chi connectivity index (χ0) is 16.7. The molecule has 0 aliphatic carbocycles. The molecule has 1 aliphatic heterocycles. The molecule has 0 radical (unpaired) electrons. The molecule has 0 amide bonds. The van der Waals surface area contributed by atoms with Crippen LogP contribution in [0.25, 0.3) is 22.4 Å². The Bertz CT molecular complexity index is 846. The minimum Gasteiger partial charge on any atom is -0.353 e. The first-order valence-corrected chi connectivity index (χ1v) is 7.71. The number of fused-ring (bicyclic) bond motifs is 1. The summed E-state index contributed by atoms with van der Waals surface area (Å²) in [5.41, 5.74) is 1.56. The van der Waals surface area contributed by atoms with Crippen LogP contribution in [0.1, 0.15) is 0 Å². The molecule has 1 aliphatic rings. The van der Waals surface area contributed by atoms with Crippen molar-refractivity contribution in [3.8, 4) is 11.4 Å². The first kappa shape index (κ1) is 14.9. The summed E-state index contributed by atoms with van der Waals surface area (Å²) in [7, 11) is 2.09. The fraction of sp³-hybridized carbons (Fsp3) is 0.312. The van der Waals surface area contributed by atoms with Crippen LogP contribution in [0, 0.1) is 11.6 Å². The van der Waals surface area contributed by atoms with Gasteiger partial charge in [-0.1, -0.05) is 0 Å². The van der Waals surface area contributed by atoms with E-state index < -0.39 is 11.6 Å². The molecular formula is C16H16F2N6. The molecule has 1 saturated heterocycles. The van der Waals surface area contributed by atoms with E-state index in [1.165, 1.54) is 0 Å². The van der Waals surface area contributed by atoms with Gasteiger partial charge in [-0.05, 0) is 13.1 Å². The summed E-state index contributed by atoms with van der Waals surface area (Å²) in [6, 6.07) is 4.08. The molecule has 0 atom stereocenters. The average molecular weight is 330 g/mol. The predicted molar refractivity (Wildman–Crippen MR) is 86.7 cm³/mol. The van der Waals surface area contributed by atoms with Gasteiger partial charge in [0, 0.05) is 43.9 Å². The molecule has 2 aromatic heterocycles. The molecule has 6 nitrogen and oxygen atoms in total.